The molecule has 10 heteroatoms. The molecule has 0 radical (unpaired) electrons. The second kappa shape index (κ2) is 8.58. The summed E-state index contributed by atoms with van der Waals surface area (Å²) in [6.45, 7) is 4.35. The Morgan fingerprint density at radius 2 is 1.85 bits per heavy atom. The number of thioether (sulfide) groups is 1. The molecule has 0 aliphatic carbocycles. The second-order valence-electron chi connectivity index (χ2n) is 5.26. The van der Waals surface area contributed by atoms with Crippen molar-refractivity contribution in [1.82, 2.24) is 25.0 Å². The topological polar surface area (TPSA) is 97.3 Å². The van der Waals surface area contributed by atoms with E-state index in [1.54, 1.807) is 45.9 Å². The number of hydrogen-bond acceptors (Lipinski definition) is 9. The minimum atomic E-state index is 0.359. The Morgan fingerprint density at radius 3 is 2.48 bits per heavy atom. The van der Waals surface area contributed by atoms with Gasteiger partial charge in [0.05, 0.1) is 27.1 Å². The molecule has 0 N–H and O–H groups in total. The number of hydrogen-bond donors (Lipinski definition) is 0. The molecule has 2 aromatic heterocycles. The van der Waals surface area contributed by atoms with Crippen LogP contribution < -0.4 is 14.2 Å². The molecule has 0 spiro atoms. The van der Waals surface area contributed by atoms with Crippen LogP contribution >= 0.6 is 11.8 Å². The van der Waals surface area contributed by atoms with Gasteiger partial charge in [0.15, 0.2) is 16.7 Å². The average Bonchev–Trinajstić information content (AvgIpc) is 3.34. The van der Waals surface area contributed by atoms with Crippen LogP contribution in [0.1, 0.15) is 5.89 Å². The molecule has 2 heterocycles. The van der Waals surface area contributed by atoms with E-state index in [1.165, 1.54) is 11.8 Å². The fourth-order valence-electron chi connectivity index (χ4n) is 2.38. The molecule has 3 rings (SSSR count). The van der Waals surface area contributed by atoms with Crippen molar-refractivity contribution in [3.63, 3.8) is 0 Å². The monoisotopic (exact) mass is 389 g/mol. The van der Waals surface area contributed by atoms with Crippen molar-refractivity contribution in [2.75, 3.05) is 21.3 Å². The van der Waals surface area contributed by atoms with Crippen molar-refractivity contribution >= 4 is 11.8 Å². The van der Waals surface area contributed by atoms with Crippen LogP contribution in [0.5, 0.6) is 17.2 Å². The molecule has 3 aromatic rings. The summed E-state index contributed by atoms with van der Waals surface area (Å²) in [4.78, 5) is 0. The summed E-state index contributed by atoms with van der Waals surface area (Å²) in [5.41, 5.74) is 0.670. The quantitative estimate of drug-likeness (QED) is 0.404. The average molecular weight is 389 g/mol. The van der Waals surface area contributed by atoms with E-state index in [2.05, 4.69) is 27.0 Å². The number of aromatic nitrogens is 5. The molecule has 0 aliphatic heterocycles. The van der Waals surface area contributed by atoms with Gasteiger partial charge >= 0.3 is 0 Å². The summed E-state index contributed by atoms with van der Waals surface area (Å²) >= 11 is 1.45. The van der Waals surface area contributed by atoms with Gasteiger partial charge in [0, 0.05) is 12.1 Å². The lowest BCUT2D eigenvalue weighted by atomic mass is 10.2. The van der Waals surface area contributed by atoms with Crippen molar-refractivity contribution in [1.29, 1.82) is 0 Å². The van der Waals surface area contributed by atoms with E-state index in [0.29, 0.717) is 46.9 Å². The van der Waals surface area contributed by atoms with Crippen molar-refractivity contribution < 1.29 is 18.6 Å². The third-order valence-corrected chi connectivity index (χ3v) is 4.57. The molecule has 0 aliphatic rings. The maximum Gasteiger partial charge on any atom is 0.248 e. The fraction of sp³-hybridized carbons (Fsp3) is 0.294. The molecule has 0 saturated heterocycles. The molecule has 9 nitrogen and oxygen atoms in total. The highest BCUT2D eigenvalue weighted by atomic mass is 32.2. The summed E-state index contributed by atoms with van der Waals surface area (Å²) in [6, 6.07) is 3.51. The van der Waals surface area contributed by atoms with E-state index in [0.717, 1.165) is 5.16 Å². The molecule has 0 atom stereocenters. The van der Waals surface area contributed by atoms with Crippen LogP contribution in [0.25, 0.3) is 11.5 Å². The Balaban J connectivity index is 1.79. The summed E-state index contributed by atoms with van der Waals surface area (Å²) in [7, 11) is 4.65. The Labute approximate surface area is 160 Å². The van der Waals surface area contributed by atoms with E-state index in [4.69, 9.17) is 18.6 Å². The Hall–Kier alpha value is -3.01. The SMILES string of the molecule is C=CCn1cnnc1SCc1nnc(-c2cc(OC)c(OC)c(OC)c2)o1. The number of nitrogens with zero attached hydrogens (tertiary/aromatic N) is 5. The minimum absolute atomic E-state index is 0.359. The predicted molar refractivity (Wildman–Crippen MR) is 99.2 cm³/mol. The van der Waals surface area contributed by atoms with Crippen LogP contribution in [0.2, 0.25) is 0 Å². The van der Waals surface area contributed by atoms with Gasteiger partial charge in [0.1, 0.15) is 6.33 Å². The molecule has 0 amide bonds. The van der Waals surface area contributed by atoms with E-state index in [9.17, 15) is 0 Å². The maximum atomic E-state index is 5.77. The van der Waals surface area contributed by atoms with Crippen LogP contribution in [-0.2, 0) is 12.3 Å². The molecule has 0 unspecified atom stereocenters. The van der Waals surface area contributed by atoms with Crippen LogP contribution in [0.4, 0.5) is 0 Å². The van der Waals surface area contributed by atoms with Gasteiger partial charge in [0.25, 0.3) is 0 Å². The highest BCUT2D eigenvalue weighted by Crippen LogP contribution is 2.41. The van der Waals surface area contributed by atoms with E-state index >= 15 is 0 Å². The minimum Gasteiger partial charge on any atom is -0.493 e. The van der Waals surface area contributed by atoms with Crippen LogP contribution in [0.15, 0.2) is 40.7 Å². The lowest BCUT2D eigenvalue weighted by molar-refractivity contribution is 0.324. The number of benzene rings is 1. The fourth-order valence-corrected chi connectivity index (χ4v) is 3.14. The Kier molecular flexibility index (Phi) is 5.97. The number of allylic oxidation sites excluding steroid dienone is 1. The number of methoxy groups -OCH3 is 3. The zero-order valence-corrected chi connectivity index (χ0v) is 16.0. The summed E-state index contributed by atoms with van der Waals surface area (Å²) in [6.07, 6.45) is 3.43. The molecule has 142 valence electrons. The van der Waals surface area contributed by atoms with Gasteiger partial charge in [-0.2, -0.15) is 0 Å². The predicted octanol–water partition coefficient (Wildman–Crippen LogP) is 2.83. The zero-order valence-electron chi connectivity index (χ0n) is 15.2. The van der Waals surface area contributed by atoms with Crippen LogP contribution in [0.3, 0.4) is 0 Å². The number of ether oxygens (including phenoxy) is 3. The summed E-state index contributed by atoms with van der Waals surface area (Å²) in [5, 5.41) is 16.9. The molecule has 0 bridgehead atoms. The largest absolute Gasteiger partial charge is 0.493 e. The zero-order chi connectivity index (χ0) is 19.2. The highest BCUT2D eigenvalue weighted by molar-refractivity contribution is 7.98. The molecule has 0 saturated carbocycles. The molecule has 27 heavy (non-hydrogen) atoms. The smallest absolute Gasteiger partial charge is 0.248 e. The lowest BCUT2D eigenvalue weighted by Crippen LogP contribution is -1.95. The first kappa shape index (κ1) is 18.8. The summed E-state index contributed by atoms with van der Waals surface area (Å²) < 4.78 is 23.7. The van der Waals surface area contributed by atoms with E-state index in [1.807, 2.05) is 4.57 Å². The first-order valence-corrected chi connectivity index (χ1v) is 8.93. The highest BCUT2D eigenvalue weighted by Gasteiger charge is 2.18. The van der Waals surface area contributed by atoms with Crippen molar-refractivity contribution in [2.45, 2.75) is 17.5 Å². The maximum absolute atomic E-state index is 5.77. The molecular weight excluding hydrogens is 370 g/mol. The van der Waals surface area contributed by atoms with Gasteiger partial charge in [-0.15, -0.1) is 27.0 Å². The normalized spacial score (nSPS) is 10.6. The Bertz CT molecular complexity index is 899. The first-order valence-electron chi connectivity index (χ1n) is 7.94. The van der Waals surface area contributed by atoms with Gasteiger partial charge < -0.3 is 23.2 Å². The molecule has 0 fully saturated rings. The number of rotatable bonds is 9. The van der Waals surface area contributed by atoms with Gasteiger partial charge in [0.2, 0.25) is 17.5 Å². The van der Waals surface area contributed by atoms with Gasteiger partial charge in [-0.3, -0.25) is 0 Å². The van der Waals surface area contributed by atoms with Crippen molar-refractivity contribution in [3.8, 4) is 28.7 Å². The van der Waals surface area contributed by atoms with Gasteiger partial charge in [-0.05, 0) is 12.1 Å². The van der Waals surface area contributed by atoms with Crippen LogP contribution in [-0.4, -0.2) is 46.3 Å². The third kappa shape index (κ3) is 4.05. The standard InChI is InChI=1S/C17H19N5O4S/c1-5-6-22-10-18-21-17(22)27-9-14-19-20-16(26-14)11-7-12(23-2)15(25-4)13(8-11)24-3/h5,7-8,10H,1,6,9H2,2-4H3. The molecular formula is C17H19N5O4S. The molecule has 1 aromatic carbocycles. The van der Waals surface area contributed by atoms with Gasteiger partial charge in [-0.1, -0.05) is 17.8 Å². The van der Waals surface area contributed by atoms with Crippen LogP contribution in [0, 0.1) is 0 Å². The lowest BCUT2D eigenvalue weighted by Gasteiger charge is -2.12. The van der Waals surface area contributed by atoms with Crippen molar-refractivity contribution in [3.05, 3.63) is 37.0 Å². The summed E-state index contributed by atoms with van der Waals surface area (Å²) in [5.74, 6) is 2.82. The first-order chi connectivity index (χ1) is 13.2. The van der Waals surface area contributed by atoms with Gasteiger partial charge in [-0.25, -0.2) is 0 Å². The van der Waals surface area contributed by atoms with E-state index < -0.39 is 0 Å². The van der Waals surface area contributed by atoms with E-state index in [-0.39, 0.29) is 0 Å². The van der Waals surface area contributed by atoms with Crippen molar-refractivity contribution in [2.24, 2.45) is 0 Å². The third-order valence-electron chi connectivity index (χ3n) is 3.61. The second-order valence-corrected chi connectivity index (χ2v) is 6.20. The Morgan fingerprint density at radius 1 is 1.11 bits per heavy atom.